The number of nitrogens with zero attached hydrogens (tertiary/aromatic N) is 3. The lowest BCUT2D eigenvalue weighted by atomic mass is 10.1. The van der Waals surface area contributed by atoms with Crippen LogP contribution in [0.15, 0.2) is 18.2 Å². The van der Waals surface area contributed by atoms with Gasteiger partial charge < -0.3 is 14.9 Å². The lowest BCUT2D eigenvalue weighted by molar-refractivity contribution is -0.384. The molecule has 2 rings (SSSR count). The van der Waals surface area contributed by atoms with Gasteiger partial charge in [-0.2, -0.15) is 0 Å². The molecular weight excluding hydrogens is 286 g/mol. The Bertz CT molecular complexity index is 556. The highest BCUT2D eigenvalue weighted by molar-refractivity contribution is 6.00. The second-order valence-corrected chi connectivity index (χ2v) is 5.46. The molecule has 1 aliphatic heterocycles. The molecule has 0 atom stereocenters. The molecule has 0 aromatic heterocycles. The van der Waals surface area contributed by atoms with Gasteiger partial charge in [0.05, 0.1) is 22.8 Å². The third-order valence-corrected chi connectivity index (χ3v) is 3.90. The van der Waals surface area contributed by atoms with E-state index in [0.717, 1.165) is 38.0 Å². The van der Waals surface area contributed by atoms with Gasteiger partial charge in [-0.05, 0) is 25.3 Å². The van der Waals surface area contributed by atoms with Gasteiger partial charge in [0.15, 0.2) is 0 Å². The molecule has 0 unspecified atom stereocenters. The zero-order valence-corrected chi connectivity index (χ0v) is 12.7. The number of nitro groups is 1. The summed E-state index contributed by atoms with van der Waals surface area (Å²) in [6.07, 6.45) is 3.27. The van der Waals surface area contributed by atoms with Crippen LogP contribution < -0.4 is 4.90 Å². The molecule has 1 fully saturated rings. The number of hydrogen-bond donors (Lipinski definition) is 1. The Labute approximate surface area is 129 Å². The largest absolute Gasteiger partial charge is 0.395 e. The number of carbonyl (C=O) groups excluding carboxylic acids is 1. The molecule has 7 heteroatoms. The van der Waals surface area contributed by atoms with Gasteiger partial charge >= 0.3 is 0 Å². The van der Waals surface area contributed by atoms with Crippen LogP contribution in [-0.2, 0) is 0 Å². The molecule has 1 saturated heterocycles. The number of hydrogen-bond acceptors (Lipinski definition) is 5. The summed E-state index contributed by atoms with van der Waals surface area (Å²) < 4.78 is 0. The van der Waals surface area contributed by atoms with E-state index >= 15 is 0 Å². The molecule has 7 nitrogen and oxygen atoms in total. The van der Waals surface area contributed by atoms with Crippen molar-refractivity contribution in [3.8, 4) is 0 Å². The van der Waals surface area contributed by atoms with Crippen LogP contribution in [0, 0.1) is 10.1 Å². The van der Waals surface area contributed by atoms with Crippen molar-refractivity contribution in [3.05, 3.63) is 33.9 Å². The van der Waals surface area contributed by atoms with Gasteiger partial charge in [-0.3, -0.25) is 14.9 Å². The fourth-order valence-electron chi connectivity index (χ4n) is 2.68. The van der Waals surface area contributed by atoms with Gasteiger partial charge in [0, 0.05) is 38.8 Å². The van der Waals surface area contributed by atoms with E-state index in [2.05, 4.69) is 4.90 Å². The molecular formula is C15H21N3O4. The Balaban J connectivity index is 2.39. The topological polar surface area (TPSA) is 86.9 Å². The smallest absolute Gasteiger partial charge is 0.270 e. The Kier molecular flexibility index (Phi) is 5.32. The van der Waals surface area contributed by atoms with Crippen molar-refractivity contribution in [2.75, 3.05) is 38.2 Å². The number of aliphatic hydroxyl groups excluding tert-OH is 1. The highest BCUT2D eigenvalue weighted by atomic mass is 16.6. The summed E-state index contributed by atoms with van der Waals surface area (Å²) in [4.78, 5) is 26.5. The van der Waals surface area contributed by atoms with E-state index in [1.54, 1.807) is 13.1 Å². The molecule has 1 amide bonds. The summed E-state index contributed by atoms with van der Waals surface area (Å²) in [5.74, 6) is -0.307. The zero-order chi connectivity index (χ0) is 16.1. The molecule has 1 N–H and O–H groups in total. The monoisotopic (exact) mass is 307 g/mol. The van der Waals surface area contributed by atoms with Crippen molar-refractivity contribution in [3.63, 3.8) is 0 Å². The minimum absolute atomic E-state index is 0.0958. The SMILES string of the molecule is CN(CCO)C(=O)c1cc([N+](=O)[O-])ccc1N1CCCCC1. The average molecular weight is 307 g/mol. The number of likely N-dealkylation sites (N-methyl/N-ethyl adjacent to an activating group) is 1. The van der Waals surface area contributed by atoms with Gasteiger partial charge in [-0.1, -0.05) is 0 Å². The number of amides is 1. The number of rotatable bonds is 5. The lowest BCUT2D eigenvalue weighted by Gasteiger charge is -2.31. The predicted molar refractivity (Wildman–Crippen MR) is 83.2 cm³/mol. The van der Waals surface area contributed by atoms with Crippen LogP contribution in [0.5, 0.6) is 0 Å². The third kappa shape index (κ3) is 3.54. The van der Waals surface area contributed by atoms with Crippen molar-refractivity contribution >= 4 is 17.3 Å². The van der Waals surface area contributed by atoms with Crippen LogP contribution in [0.25, 0.3) is 0 Å². The maximum atomic E-state index is 12.5. The summed E-state index contributed by atoms with van der Waals surface area (Å²) in [6.45, 7) is 1.75. The maximum absolute atomic E-state index is 12.5. The molecule has 1 aliphatic rings. The zero-order valence-electron chi connectivity index (χ0n) is 12.7. The van der Waals surface area contributed by atoms with Crippen LogP contribution >= 0.6 is 0 Å². The van der Waals surface area contributed by atoms with E-state index in [1.807, 2.05) is 0 Å². The maximum Gasteiger partial charge on any atom is 0.270 e. The number of carbonyl (C=O) groups is 1. The fourth-order valence-corrected chi connectivity index (χ4v) is 2.68. The average Bonchev–Trinajstić information content (AvgIpc) is 2.54. The molecule has 0 aliphatic carbocycles. The highest BCUT2D eigenvalue weighted by Crippen LogP contribution is 2.28. The van der Waals surface area contributed by atoms with E-state index in [9.17, 15) is 14.9 Å². The Hall–Kier alpha value is -2.15. The predicted octanol–water partition coefficient (Wildman–Crippen LogP) is 1.65. The number of anilines is 1. The van der Waals surface area contributed by atoms with Gasteiger partial charge in [0.25, 0.3) is 11.6 Å². The van der Waals surface area contributed by atoms with Gasteiger partial charge in [-0.25, -0.2) is 0 Å². The summed E-state index contributed by atoms with van der Waals surface area (Å²) in [5, 5.41) is 20.0. The molecule has 0 saturated carbocycles. The Morgan fingerprint density at radius 2 is 2.05 bits per heavy atom. The summed E-state index contributed by atoms with van der Waals surface area (Å²) in [6, 6.07) is 4.43. The molecule has 1 heterocycles. The first-order valence-corrected chi connectivity index (χ1v) is 7.44. The molecule has 1 aromatic rings. The number of benzene rings is 1. The van der Waals surface area contributed by atoms with Crippen LogP contribution in [0.2, 0.25) is 0 Å². The standard InChI is InChI=1S/C15H21N3O4/c1-16(9-10-19)15(20)13-11-12(18(21)22)5-6-14(13)17-7-3-2-4-8-17/h5-6,11,19H,2-4,7-10H2,1H3. The van der Waals surface area contributed by atoms with Gasteiger partial charge in [-0.15, -0.1) is 0 Å². The van der Waals surface area contributed by atoms with E-state index in [4.69, 9.17) is 5.11 Å². The first-order chi connectivity index (χ1) is 10.5. The Morgan fingerprint density at radius 1 is 1.36 bits per heavy atom. The molecule has 120 valence electrons. The summed E-state index contributed by atoms with van der Waals surface area (Å²) in [7, 11) is 1.58. The molecule has 22 heavy (non-hydrogen) atoms. The minimum atomic E-state index is -0.497. The Morgan fingerprint density at radius 3 is 2.64 bits per heavy atom. The fraction of sp³-hybridized carbons (Fsp3) is 0.533. The van der Waals surface area contributed by atoms with Crippen molar-refractivity contribution in [2.45, 2.75) is 19.3 Å². The number of non-ortho nitro benzene ring substituents is 1. The number of piperidine rings is 1. The van der Waals surface area contributed by atoms with Crippen molar-refractivity contribution in [2.24, 2.45) is 0 Å². The lowest BCUT2D eigenvalue weighted by Crippen LogP contribution is -2.34. The van der Waals surface area contributed by atoms with E-state index < -0.39 is 4.92 Å². The van der Waals surface area contributed by atoms with E-state index in [1.165, 1.54) is 17.0 Å². The van der Waals surface area contributed by atoms with E-state index in [-0.39, 0.29) is 24.7 Å². The van der Waals surface area contributed by atoms with Crippen molar-refractivity contribution in [1.29, 1.82) is 0 Å². The van der Waals surface area contributed by atoms with Gasteiger partial charge in [0.2, 0.25) is 0 Å². The van der Waals surface area contributed by atoms with Crippen LogP contribution in [-0.4, -0.2) is 54.1 Å². The van der Waals surface area contributed by atoms with Crippen LogP contribution in [0.1, 0.15) is 29.6 Å². The van der Waals surface area contributed by atoms with Gasteiger partial charge in [0.1, 0.15) is 0 Å². The first-order valence-electron chi connectivity index (χ1n) is 7.44. The summed E-state index contributed by atoms with van der Waals surface area (Å²) in [5.41, 5.74) is 0.966. The number of nitro benzene ring substituents is 1. The normalized spacial score (nSPS) is 14.7. The molecule has 0 bridgehead atoms. The minimum Gasteiger partial charge on any atom is -0.395 e. The molecule has 1 aromatic carbocycles. The van der Waals surface area contributed by atoms with Crippen LogP contribution in [0.4, 0.5) is 11.4 Å². The highest BCUT2D eigenvalue weighted by Gasteiger charge is 2.23. The quantitative estimate of drug-likeness (QED) is 0.660. The molecule has 0 radical (unpaired) electrons. The number of aliphatic hydroxyl groups is 1. The van der Waals surface area contributed by atoms with Crippen molar-refractivity contribution < 1.29 is 14.8 Å². The van der Waals surface area contributed by atoms with E-state index in [0.29, 0.717) is 5.56 Å². The van der Waals surface area contributed by atoms with Crippen LogP contribution in [0.3, 0.4) is 0 Å². The second kappa shape index (κ2) is 7.22. The third-order valence-electron chi connectivity index (χ3n) is 3.90. The van der Waals surface area contributed by atoms with Crippen molar-refractivity contribution in [1.82, 2.24) is 4.90 Å². The first kappa shape index (κ1) is 16.2. The second-order valence-electron chi connectivity index (χ2n) is 5.46. The molecule has 0 spiro atoms. The summed E-state index contributed by atoms with van der Waals surface area (Å²) >= 11 is 0.